The third-order valence-corrected chi connectivity index (χ3v) is 69.6. The molecule has 0 aliphatic heterocycles. The van der Waals surface area contributed by atoms with Gasteiger partial charge in [-0.15, -0.1) is 0 Å². The summed E-state index contributed by atoms with van der Waals surface area (Å²) in [4.78, 5) is 0. The van der Waals surface area contributed by atoms with E-state index in [2.05, 4.69) is 117 Å². The quantitative estimate of drug-likeness (QED) is 0.131. The maximum absolute atomic E-state index is 14.8. The van der Waals surface area contributed by atoms with Crippen LogP contribution in [0.5, 0.6) is 0 Å². The Hall–Kier alpha value is -2.17. The summed E-state index contributed by atoms with van der Waals surface area (Å²) in [6.07, 6.45) is 17.8. The summed E-state index contributed by atoms with van der Waals surface area (Å²) in [6, 6.07) is 31.4. The van der Waals surface area contributed by atoms with Gasteiger partial charge in [0, 0.05) is 0 Å². The molecule has 7 heteroatoms. The van der Waals surface area contributed by atoms with E-state index in [-0.39, 0.29) is 24.1 Å². The fourth-order valence-corrected chi connectivity index (χ4v) is 57.8. The van der Waals surface area contributed by atoms with E-state index in [1.54, 1.807) is 0 Å². The summed E-state index contributed by atoms with van der Waals surface area (Å²) >= 11 is -5.79. The van der Waals surface area contributed by atoms with E-state index >= 15 is 0 Å². The minimum absolute atomic E-state index is 0.0873. The van der Waals surface area contributed by atoms with E-state index in [4.69, 9.17) is 0 Å². The van der Waals surface area contributed by atoms with Crippen LogP contribution in [0.15, 0.2) is 96.1 Å². The van der Waals surface area contributed by atoms with Crippen molar-refractivity contribution in [1.82, 2.24) is 0 Å². The van der Waals surface area contributed by atoms with Crippen LogP contribution in [0.2, 0.25) is 12.6 Å². The van der Waals surface area contributed by atoms with Crippen LogP contribution in [0, 0.1) is 60.2 Å². The molecule has 4 aromatic carbocycles. The molecule has 10 aliphatic rings. The number of fused-ring (bicyclic) bond motifs is 2. The molecule has 10 aliphatic carbocycles. The Bertz CT molecular complexity index is 2370. The topological polar surface area (TPSA) is 0 Å². The Kier molecular flexibility index (Phi) is 10.6. The van der Waals surface area contributed by atoms with Gasteiger partial charge in [0.25, 0.3) is 0 Å². The molecule has 0 aromatic heterocycles. The number of hydrogen-bond donors (Lipinski definition) is 0. The minimum atomic E-state index is -5.79. The Labute approximate surface area is 395 Å². The van der Waals surface area contributed by atoms with Crippen LogP contribution in [-0.4, -0.2) is 12.1 Å². The number of benzene rings is 4. The van der Waals surface area contributed by atoms with Gasteiger partial charge in [0.2, 0.25) is 0 Å². The molecule has 3 unspecified atom stereocenters. The summed E-state index contributed by atoms with van der Waals surface area (Å²) in [5.41, 5.74) is 15.2. The van der Waals surface area contributed by atoms with Crippen molar-refractivity contribution < 1.29 is 28.7 Å². The van der Waals surface area contributed by atoms with E-state index < -0.39 is 34.1 Å². The molecule has 4 aromatic rings. The second kappa shape index (κ2) is 15.7. The Morgan fingerprint density at radius 1 is 0.554 bits per heavy atom. The number of aryl methyl sites for hydroxylation is 2. The molecule has 0 amide bonds. The molecule has 14 rings (SSSR count). The number of alkyl halides is 3. The Morgan fingerprint density at radius 2 is 0.908 bits per heavy atom. The molecule has 0 heterocycles. The van der Waals surface area contributed by atoms with E-state index in [0.29, 0.717) is 0 Å². The van der Waals surface area contributed by atoms with Gasteiger partial charge in [-0.1, -0.05) is 0 Å². The van der Waals surface area contributed by atoms with Gasteiger partial charge in [-0.3, -0.25) is 0 Å². The van der Waals surface area contributed by atoms with Crippen molar-refractivity contribution in [2.45, 2.75) is 136 Å². The van der Waals surface area contributed by atoms with Crippen LogP contribution in [0.4, 0.5) is 13.2 Å². The van der Waals surface area contributed by atoms with E-state index in [9.17, 15) is 30.2 Å². The van der Waals surface area contributed by atoms with Crippen LogP contribution in [0.25, 0.3) is 34.4 Å². The zero-order chi connectivity index (χ0) is 44.7. The van der Waals surface area contributed by atoms with Crippen LogP contribution < -0.4 is 0 Å². The van der Waals surface area contributed by atoms with Gasteiger partial charge >= 0.3 is 398 Å². The zero-order valence-electron chi connectivity index (χ0n) is 38.6. The van der Waals surface area contributed by atoms with Crippen molar-refractivity contribution in [3.05, 3.63) is 129 Å². The number of allylic oxidation sites excluding steroid dienone is 2. The van der Waals surface area contributed by atoms with Gasteiger partial charge in [0.15, 0.2) is 0 Å². The predicted molar refractivity (Wildman–Crippen MR) is 265 cm³/mol. The van der Waals surface area contributed by atoms with Crippen LogP contribution in [0.1, 0.15) is 137 Å². The van der Waals surface area contributed by atoms with E-state index in [0.717, 1.165) is 48.3 Å². The third-order valence-electron chi connectivity index (χ3n) is 19.4. The molecule has 3 atom stereocenters. The van der Waals surface area contributed by atoms with Gasteiger partial charge in [0.05, 0.1) is 0 Å². The van der Waals surface area contributed by atoms with E-state index in [1.165, 1.54) is 144 Å². The first-order valence-corrected chi connectivity index (χ1v) is 41.4. The van der Waals surface area contributed by atoms with Crippen molar-refractivity contribution in [3.63, 3.8) is 0 Å². The first kappa shape index (κ1) is 44.1. The molecule has 8 saturated carbocycles. The predicted octanol–water partition coefficient (Wildman–Crippen LogP) is 17.7. The van der Waals surface area contributed by atoms with Gasteiger partial charge < -0.3 is 0 Å². The SMILES string of the molecule is Cc1ccc(-c2cccc3c2C=C(CC24CC5CC(CC(C5)C2)C4)[CH]3[Zr]([Cl])([Cl])([CH]2C(CC34CC5CC(CC(C5)C3)C4)=Cc3c(-c4ccc(C)cc4)cccc32)[SiH](C)CCC(F)(F)F)cc1. The summed E-state index contributed by atoms with van der Waals surface area (Å²) in [5, 5.41) is 0. The maximum atomic E-state index is 14.8. The van der Waals surface area contributed by atoms with Crippen molar-refractivity contribution in [2.75, 3.05) is 0 Å². The molecule has 0 spiro atoms. The molecule has 0 nitrogen and oxygen atoms in total. The molecule has 8 fully saturated rings. The molecular weight excluding hydrogens is 944 g/mol. The van der Waals surface area contributed by atoms with Gasteiger partial charge in [-0.25, -0.2) is 0 Å². The standard InChI is InChI=1S/2C27H29.C4H8F3Si.2ClH.Zr/c2*1-18-5-7-23(8-6-18)25-4-2-3-24-12-22(13-26(24)25)17-27-14-19-9-20(15-27)11-21(10-19)16-27;1-8-3-2-4(5,6)7;;;/h2*2-8,12-13,19-21H,9-11,14-17H2,1H3;8H,2-3H2,1H3;2*1H;/q;;;;;+2/p-2. The summed E-state index contributed by atoms with van der Waals surface area (Å²) < 4.78 is 43.8. The summed E-state index contributed by atoms with van der Waals surface area (Å²) in [6.45, 7) is 6.49. The van der Waals surface area contributed by atoms with Crippen LogP contribution in [0.3, 0.4) is 0 Å². The van der Waals surface area contributed by atoms with Gasteiger partial charge in [-0.05, 0) is 0 Å². The molecule has 341 valence electrons. The molecule has 65 heavy (non-hydrogen) atoms. The average molecular weight is 1010 g/mol. The van der Waals surface area contributed by atoms with Gasteiger partial charge in [-0.2, -0.15) is 0 Å². The molecular formula is C58H66Cl2F3SiZr. The first-order chi connectivity index (χ1) is 31.0. The molecule has 8 bridgehead atoms. The second-order valence-electron chi connectivity index (χ2n) is 24.1. The monoisotopic (exact) mass is 1010 g/mol. The van der Waals surface area contributed by atoms with Crippen molar-refractivity contribution in [3.8, 4) is 22.3 Å². The second-order valence-corrected chi connectivity index (χ2v) is 65.5. The number of rotatable bonds is 11. The van der Waals surface area contributed by atoms with Crippen LogP contribution in [-0.2, 0) is 15.6 Å². The Balaban J connectivity index is 1.08. The number of halogens is 5. The van der Waals surface area contributed by atoms with Crippen molar-refractivity contribution in [2.24, 2.45) is 46.3 Å². The van der Waals surface area contributed by atoms with Crippen molar-refractivity contribution in [1.29, 1.82) is 0 Å². The molecule has 0 radical (unpaired) electrons. The van der Waals surface area contributed by atoms with Crippen molar-refractivity contribution >= 4 is 35.1 Å². The van der Waals surface area contributed by atoms with Crippen LogP contribution >= 0.6 is 17.0 Å². The van der Waals surface area contributed by atoms with E-state index in [1.807, 2.05) is 0 Å². The average Bonchev–Trinajstić information content (AvgIpc) is 3.80. The summed E-state index contributed by atoms with van der Waals surface area (Å²) in [7, 11) is 18.7. The fourth-order valence-electron chi connectivity index (χ4n) is 17.8. The fraction of sp³-hybridized carbons (Fsp3) is 0.517. The zero-order valence-corrected chi connectivity index (χ0v) is 43.8. The first-order valence-electron chi connectivity index (χ1n) is 25.5. The molecule has 0 N–H and O–H groups in total. The molecule has 0 saturated heterocycles. The normalized spacial score (nSPS) is 33.9. The van der Waals surface area contributed by atoms with Gasteiger partial charge in [0.1, 0.15) is 0 Å². The Morgan fingerprint density at radius 3 is 1.25 bits per heavy atom. The summed E-state index contributed by atoms with van der Waals surface area (Å²) in [5.74, 6) is 2.16. The third kappa shape index (κ3) is 7.50. The number of hydrogen-bond acceptors (Lipinski definition) is 0.